The number of carbonyl (C=O) groups excluding carboxylic acids is 2. The van der Waals surface area contributed by atoms with Gasteiger partial charge in [-0.15, -0.1) is 11.8 Å². The van der Waals surface area contributed by atoms with Crippen LogP contribution in [0, 0.1) is 0 Å². The number of ether oxygens (including phenoxy) is 2. The third kappa shape index (κ3) is 4.62. The molecule has 1 aliphatic heterocycles. The molecule has 1 aromatic heterocycles. The van der Waals surface area contributed by atoms with E-state index in [0.29, 0.717) is 31.9 Å². The fourth-order valence-corrected chi connectivity index (χ4v) is 5.23. The average Bonchev–Trinajstić information content (AvgIpc) is 3.12. The number of hydrogen-bond acceptors (Lipinski definition) is 8. The molecule has 34 heavy (non-hydrogen) atoms. The van der Waals surface area contributed by atoms with Crippen molar-refractivity contribution < 1.29 is 19.1 Å². The van der Waals surface area contributed by atoms with Gasteiger partial charge < -0.3 is 9.47 Å². The number of hydrogen-bond donors (Lipinski definition) is 0. The second-order valence-corrected chi connectivity index (χ2v) is 9.40. The zero-order valence-corrected chi connectivity index (χ0v) is 20.7. The number of rotatable bonds is 5. The van der Waals surface area contributed by atoms with E-state index in [4.69, 9.17) is 9.47 Å². The van der Waals surface area contributed by atoms with Gasteiger partial charge in [0.2, 0.25) is 0 Å². The molecule has 174 valence electrons. The van der Waals surface area contributed by atoms with Crippen LogP contribution >= 0.6 is 23.1 Å². The molecule has 2 aromatic carbocycles. The van der Waals surface area contributed by atoms with Crippen LogP contribution in [-0.4, -0.2) is 29.9 Å². The molecule has 0 saturated heterocycles. The van der Waals surface area contributed by atoms with Crippen molar-refractivity contribution in [2.24, 2.45) is 4.99 Å². The summed E-state index contributed by atoms with van der Waals surface area (Å²) in [5.41, 5.74) is 2.06. The van der Waals surface area contributed by atoms with Crippen LogP contribution in [0.1, 0.15) is 31.0 Å². The first-order chi connectivity index (χ1) is 16.3. The Morgan fingerprint density at radius 1 is 1.18 bits per heavy atom. The molecular weight excluding hydrogens is 472 g/mol. The van der Waals surface area contributed by atoms with Crippen LogP contribution in [-0.2, 0) is 14.3 Å². The lowest BCUT2D eigenvalue weighted by atomic mass is 9.96. The van der Waals surface area contributed by atoms with Gasteiger partial charge in [0.15, 0.2) is 4.80 Å². The number of fused-ring (bicyclic) bond motifs is 1. The third-order valence-corrected chi connectivity index (χ3v) is 7.00. The van der Waals surface area contributed by atoms with E-state index < -0.39 is 18.0 Å². The van der Waals surface area contributed by atoms with E-state index in [2.05, 4.69) is 4.99 Å². The molecule has 2 heterocycles. The van der Waals surface area contributed by atoms with Crippen molar-refractivity contribution in [1.82, 2.24) is 4.57 Å². The first kappa shape index (κ1) is 23.7. The Labute approximate surface area is 204 Å². The van der Waals surface area contributed by atoms with Gasteiger partial charge in [-0.2, -0.15) is 0 Å². The SMILES string of the molecule is COC(=O)C1=C(C)N=c2sc(=Cc3cccc(OC(C)=O)c3)c(=O)n2C1c1ccc(SC)cc1. The van der Waals surface area contributed by atoms with Crippen LogP contribution in [0.2, 0.25) is 0 Å². The summed E-state index contributed by atoms with van der Waals surface area (Å²) in [5.74, 6) is -0.553. The number of thioether (sulfide) groups is 1. The smallest absolute Gasteiger partial charge is 0.338 e. The molecule has 0 bridgehead atoms. The second kappa shape index (κ2) is 9.82. The first-order valence-corrected chi connectivity index (χ1v) is 12.4. The first-order valence-electron chi connectivity index (χ1n) is 10.4. The highest BCUT2D eigenvalue weighted by Gasteiger charge is 2.33. The Hall–Kier alpha value is -3.43. The predicted molar refractivity (Wildman–Crippen MR) is 132 cm³/mol. The van der Waals surface area contributed by atoms with Gasteiger partial charge in [-0.25, -0.2) is 9.79 Å². The van der Waals surface area contributed by atoms with Crippen molar-refractivity contribution in [3.63, 3.8) is 0 Å². The van der Waals surface area contributed by atoms with Crippen molar-refractivity contribution in [3.8, 4) is 5.75 Å². The van der Waals surface area contributed by atoms with Crippen molar-refractivity contribution in [3.05, 3.63) is 90.6 Å². The molecule has 4 rings (SSSR count). The minimum Gasteiger partial charge on any atom is -0.466 e. The van der Waals surface area contributed by atoms with Crippen molar-refractivity contribution in [1.29, 1.82) is 0 Å². The second-order valence-electron chi connectivity index (χ2n) is 7.51. The van der Waals surface area contributed by atoms with Crippen LogP contribution in [0.15, 0.2) is 74.5 Å². The fraction of sp³-hybridized carbons (Fsp3) is 0.200. The van der Waals surface area contributed by atoms with Gasteiger partial charge >= 0.3 is 11.9 Å². The lowest BCUT2D eigenvalue weighted by molar-refractivity contribution is -0.136. The van der Waals surface area contributed by atoms with E-state index in [1.807, 2.05) is 36.6 Å². The van der Waals surface area contributed by atoms with Crippen molar-refractivity contribution in [2.75, 3.05) is 13.4 Å². The standard InChI is InChI=1S/C25H22N2O5S2/c1-14-21(24(30)31-3)22(17-8-10-19(33-4)11-9-17)27-23(29)20(34-25(27)26-14)13-16-6-5-7-18(12-16)32-15(2)28/h5-13,22H,1-4H3. The highest BCUT2D eigenvalue weighted by atomic mass is 32.2. The molecule has 9 heteroatoms. The van der Waals surface area contributed by atoms with Crippen molar-refractivity contribution >= 4 is 41.1 Å². The van der Waals surface area contributed by atoms with E-state index in [1.165, 1.54) is 25.4 Å². The summed E-state index contributed by atoms with van der Waals surface area (Å²) in [6, 6.07) is 14.0. The van der Waals surface area contributed by atoms with Crippen LogP contribution in [0.3, 0.4) is 0 Å². The highest BCUT2D eigenvalue weighted by Crippen LogP contribution is 2.31. The number of esters is 2. The third-order valence-electron chi connectivity index (χ3n) is 5.28. The Bertz CT molecular complexity index is 1480. The van der Waals surface area contributed by atoms with Crippen LogP contribution < -0.4 is 19.6 Å². The number of thiazole rings is 1. The van der Waals surface area contributed by atoms with Gasteiger partial charge in [0.25, 0.3) is 5.56 Å². The van der Waals surface area contributed by atoms with E-state index in [1.54, 1.807) is 47.5 Å². The Kier molecular flexibility index (Phi) is 6.85. The van der Waals surface area contributed by atoms with Gasteiger partial charge in [-0.05, 0) is 54.6 Å². The lowest BCUT2D eigenvalue weighted by Crippen LogP contribution is -2.39. The number of aromatic nitrogens is 1. The number of carbonyl (C=O) groups is 2. The van der Waals surface area contributed by atoms with Crippen molar-refractivity contribution in [2.45, 2.75) is 24.8 Å². The van der Waals surface area contributed by atoms with Gasteiger partial charge in [-0.3, -0.25) is 14.2 Å². The van der Waals surface area contributed by atoms with Gasteiger partial charge in [0, 0.05) is 11.8 Å². The molecule has 0 radical (unpaired) electrons. The highest BCUT2D eigenvalue weighted by molar-refractivity contribution is 7.98. The summed E-state index contributed by atoms with van der Waals surface area (Å²) in [5, 5.41) is 0. The summed E-state index contributed by atoms with van der Waals surface area (Å²) in [7, 11) is 1.32. The summed E-state index contributed by atoms with van der Waals surface area (Å²) >= 11 is 2.85. The minimum absolute atomic E-state index is 0.269. The van der Waals surface area contributed by atoms with Crippen LogP contribution in [0.4, 0.5) is 0 Å². The zero-order valence-electron chi connectivity index (χ0n) is 19.0. The zero-order chi connectivity index (χ0) is 24.4. The maximum atomic E-state index is 13.6. The molecule has 0 fully saturated rings. The van der Waals surface area contributed by atoms with E-state index in [9.17, 15) is 14.4 Å². The molecule has 0 amide bonds. The maximum Gasteiger partial charge on any atom is 0.338 e. The molecule has 1 atom stereocenters. The normalized spacial score (nSPS) is 15.5. The van der Waals surface area contributed by atoms with E-state index in [0.717, 1.165) is 10.5 Å². The topological polar surface area (TPSA) is 87.0 Å². The molecule has 3 aromatic rings. The molecule has 0 spiro atoms. The molecule has 1 unspecified atom stereocenters. The lowest BCUT2D eigenvalue weighted by Gasteiger charge is -2.24. The number of nitrogens with zero attached hydrogens (tertiary/aromatic N) is 2. The summed E-state index contributed by atoms with van der Waals surface area (Å²) < 4.78 is 12.2. The summed E-state index contributed by atoms with van der Waals surface area (Å²) in [4.78, 5) is 43.7. The van der Waals surface area contributed by atoms with E-state index >= 15 is 0 Å². The Balaban J connectivity index is 1.90. The predicted octanol–water partition coefficient (Wildman–Crippen LogP) is 3.06. The molecule has 0 saturated carbocycles. The molecular formula is C25H22N2O5S2. The Morgan fingerprint density at radius 3 is 2.56 bits per heavy atom. The summed E-state index contributed by atoms with van der Waals surface area (Å²) in [6.07, 6.45) is 3.71. The molecule has 7 nitrogen and oxygen atoms in total. The van der Waals surface area contributed by atoms with Gasteiger partial charge in [0.05, 0.1) is 29.0 Å². The summed E-state index contributed by atoms with van der Waals surface area (Å²) in [6.45, 7) is 3.08. The number of benzene rings is 2. The van der Waals surface area contributed by atoms with Gasteiger partial charge in [-0.1, -0.05) is 35.6 Å². The van der Waals surface area contributed by atoms with Crippen LogP contribution in [0.5, 0.6) is 5.75 Å². The molecule has 0 N–H and O–H groups in total. The minimum atomic E-state index is -0.658. The molecule has 0 aliphatic carbocycles. The maximum absolute atomic E-state index is 13.6. The number of allylic oxidation sites excluding steroid dienone is 1. The van der Waals surface area contributed by atoms with Gasteiger partial charge in [0.1, 0.15) is 5.75 Å². The molecule has 1 aliphatic rings. The van der Waals surface area contributed by atoms with Crippen LogP contribution in [0.25, 0.3) is 6.08 Å². The van der Waals surface area contributed by atoms with E-state index in [-0.39, 0.29) is 5.56 Å². The number of methoxy groups -OCH3 is 1. The Morgan fingerprint density at radius 2 is 1.91 bits per heavy atom. The monoisotopic (exact) mass is 494 g/mol. The average molecular weight is 495 g/mol. The quantitative estimate of drug-likeness (QED) is 0.308. The fourth-order valence-electron chi connectivity index (χ4n) is 3.78. The largest absolute Gasteiger partial charge is 0.466 e.